The summed E-state index contributed by atoms with van der Waals surface area (Å²) >= 11 is 0. The van der Waals surface area contributed by atoms with Crippen LogP contribution in [-0.4, -0.2) is 34.2 Å². The summed E-state index contributed by atoms with van der Waals surface area (Å²) in [5.74, 6) is -1.77. The maximum atomic E-state index is 13.9. The van der Waals surface area contributed by atoms with E-state index >= 15 is 0 Å². The molecule has 1 atom stereocenters. The number of nitrogens with zero attached hydrogens (tertiary/aromatic N) is 1. The lowest BCUT2D eigenvalue weighted by molar-refractivity contribution is -0.150. The molecule has 1 aromatic carbocycles. The molecule has 128 valence electrons. The van der Waals surface area contributed by atoms with Crippen molar-refractivity contribution in [3.8, 4) is 0 Å². The SMILES string of the molecule is CCN(C(=O)OC(C)(C)C)C(C)(C(=O)O)c1ccc(C)c(F)c1. The summed E-state index contributed by atoms with van der Waals surface area (Å²) in [5.41, 5.74) is -1.91. The quantitative estimate of drug-likeness (QED) is 0.917. The van der Waals surface area contributed by atoms with Gasteiger partial charge in [-0.3, -0.25) is 4.90 Å². The average Bonchev–Trinajstić information content (AvgIpc) is 2.40. The molecule has 1 N–H and O–H groups in total. The number of ether oxygens (including phenoxy) is 1. The third-order valence-corrected chi connectivity index (χ3v) is 3.62. The fraction of sp³-hybridized carbons (Fsp3) is 0.529. The minimum absolute atomic E-state index is 0.104. The second kappa shape index (κ2) is 6.56. The Labute approximate surface area is 136 Å². The van der Waals surface area contributed by atoms with Gasteiger partial charge in [-0.1, -0.05) is 12.1 Å². The summed E-state index contributed by atoms with van der Waals surface area (Å²) in [4.78, 5) is 25.4. The van der Waals surface area contributed by atoms with Crippen molar-refractivity contribution in [1.82, 2.24) is 4.90 Å². The summed E-state index contributed by atoms with van der Waals surface area (Å²) in [5, 5.41) is 9.72. The van der Waals surface area contributed by atoms with E-state index in [2.05, 4.69) is 0 Å². The molecule has 5 nitrogen and oxygen atoms in total. The number of rotatable bonds is 4. The predicted molar refractivity (Wildman–Crippen MR) is 84.7 cm³/mol. The number of hydrogen-bond donors (Lipinski definition) is 1. The van der Waals surface area contributed by atoms with Crippen LogP contribution in [0.4, 0.5) is 9.18 Å². The van der Waals surface area contributed by atoms with Gasteiger partial charge in [0.2, 0.25) is 0 Å². The van der Waals surface area contributed by atoms with E-state index in [4.69, 9.17) is 4.74 Å². The summed E-state index contributed by atoms with van der Waals surface area (Å²) < 4.78 is 19.2. The zero-order valence-electron chi connectivity index (χ0n) is 14.4. The second-order valence-corrected chi connectivity index (χ2v) is 6.57. The minimum Gasteiger partial charge on any atom is -0.479 e. The van der Waals surface area contributed by atoms with Crippen LogP contribution in [0.1, 0.15) is 45.7 Å². The number of carbonyl (C=O) groups is 2. The van der Waals surface area contributed by atoms with E-state index in [-0.39, 0.29) is 12.1 Å². The van der Waals surface area contributed by atoms with Crippen LogP contribution in [-0.2, 0) is 15.1 Å². The van der Waals surface area contributed by atoms with Crippen molar-refractivity contribution < 1.29 is 23.8 Å². The fourth-order valence-corrected chi connectivity index (χ4v) is 2.24. The Balaban J connectivity index is 3.38. The van der Waals surface area contributed by atoms with E-state index in [1.54, 1.807) is 34.6 Å². The van der Waals surface area contributed by atoms with E-state index in [0.29, 0.717) is 5.56 Å². The summed E-state index contributed by atoms with van der Waals surface area (Å²) in [6.07, 6.45) is -0.758. The molecule has 0 radical (unpaired) electrons. The Kier molecular flexibility index (Phi) is 5.40. The van der Waals surface area contributed by atoms with Crippen LogP contribution in [0.25, 0.3) is 0 Å². The van der Waals surface area contributed by atoms with Gasteiger partial charge in [0.1, 0.15) is 11.4 Å². The van der Waals surface area contributed by atoms with Crippen LogP contribution in [0.5, 0.6) is 0 Å². The van der Waals surface area contributed by atoms with Crippen LogP contribution in [0.15, 0.2) is 18.2 Å². The van der Waals surface area contributed by atoms with Gasteiger partial charge in [0, 0.05) is 6.54 Å². The topological polar surface area (TPSA) is 66.8 Å². The van der Waals surface area contributed by atoms with Gasteiger partial charge >= 0.3 is 12.1 Å². The summed E-state index contributed by atoms with van der Waals surface area (Å²) in [6.45, 7) is 9.80. The number of likely N-dealkylation sites (N-methyl/N-ethyl adjacent to an activating group) is 1. The molecule has 0 saturated carbocycles. The Morgan fingerprint density at radius 3 is 2.22 bits per heavy atom. The number of aryl methyl sites for hydroxylation is 1. The lowest BCUT2D eigenvalue weighted by Crippen LogP contribution is -2.54. The molecule has 0 heterocycles. The van der Waals surface area contributed by atoms with E-state index in [1.807, 2.05) is 0 Å². The first-order valence-corrected chi connectivity index (χ1v) is 7.44. The van der Waals surface area contributed by atoms with Crippen molar-refractivity contribution in [2.24, 2.45) is 0 Å². The number of carbonyl (C=O) groups excluding carboxylic acids is 1. The van der Waals surface area contributed by atoms with Crippen LogP contribution >= 0.6 is 0 Å². The Bertz CT molecular complexity index is 609. The van der Waals surface area contributed by atoms with Gasteiger partial charge in [0.05, 0.1) is 0 Å². The molecule has 1 aromatic rings. The fourth-order valence-electron chi connectivity index (χ4n) is 2.24. The van der Waals surface area contributed by atoms with Crippen molar-refractivity contribution in [2.75, 3.05) is 6.54 Å². The van der Waals surface area contributed by atoms with E-state index in [0.717, 1.165) is 11.0 Å². The molecule has 1 rings (SSSR count). The predicted octanol–water partition coefficient (Wildman–Crippen LogP) is 3.69. The number of aliphatic carboxylic acids is 1. The highest BCUT2D eigenvalue weighted by Crippen LogP contribution is 2.31. The van der Waals surface area contributed by atoms with Gasteiger partial charge in [-0.25, -0.2) is 14.0 Å². The molecular weight excluding hydrogens is 301 g/mol. The molecule has 23 heavy (non-hydrogen) atoms. The lowest BCUT2D eigenvalue weighted by atomic mass is 9.89. The number of hydrogen-bond acceptors (Lipinski definition) is 3. The highest BCUT2D eigenvalue weighted by molar-refractivity contribution is 5.85. The van der Waals surface area contributed by atoms with Crippen LogP contribution in [0, 0.1) is 12.7 Å². The highest BCUT2D eigenvalue weighted by Gasteiger charge is 2.45. The van der Waals surface area contributed by atoms with Gasteiger partial charge in [-0.15, -0.1) is 0 Å². The first-order valence-electron chi connectivity index (χ1n) is 7.44. The van der Waals surface area contributed by atoms with Crippen molar-refractivity contribution in [3.63, 3.8) is 0 Å². The molecule has 0 aliphatic heterocycles. The zero-order valence-corrected chi connectivity index (χ0v) is 14.4. The third kappa shape index (κ3) is 4.00. The Morgan fingerprint density at radius 2 is 1.83 bits per heavy atom. The van der Waals surface area contributed by atoms with Gasteiger partial charge < -0.3 is 9.84 Å². The number of amides is 1. The minimum atomic E-state index is -1.73. The maximum absolute atomic E-state index is 13.9. The maximum Gasteiger partial charge on any atom is 0.411 e. The second-order valence-electron chi connectivity index (χ2n) is 6.57. The average molecular weight is 325 g/mol. The van der Waals surface area contributed by atoms with Gasteiger partial charge in [0.25, 0.3) is 0 Å². The molecule has 0 aliphatic carbocycles. The molecule has 0 aromatic heterocycles. The molecule has 1 unspecified atom stereocenters. The molecule has 6 heteroatoms. The lowest BCUT2D eigenvalue weighted by Gasteiger charge is -2.38. The van der Waals surface area contributed by atoms with Crippen molar-refractivity contribution in [1.29, 1.82) is 0 Å². The van der Waals surface area contributed by atoms with Crippen molar-refractivity contribution >= 4 is 12.1 Å². The number of benzene rings is 1. The highest BCUT2D eigenvalue weighted by atomic mass is 19.1. The standard InChI is InChI=1S/C17H24FNO4/c1-7-19(15(22)23-16(3,4)5)17(6,14(20)21)12-9-8-11(2)13(18)10-12/h8-10H,7H2,1-6H3,(H,20,21). The van der Waals surface area contributed by atoms with Gasteiger partial charge in [-0.05, 0) is 58.7 Å². The molecule has 0 fully saturated rings. The zero-order chi connectivity index (χ0) is 18.0. The first kappa shape index (κ1) is 18.9. The first-order chi connectivity index (χ1) is 10.4. The van der Waals surface area contributed by atoms with Gasteiger partial charge in [0.15, 0.2) is 5.54 Å². The molecule has 1 amide bonds. The molecule has 0 saturated heterocycles. The Hall–Kier alpha value is -2.11. The molecule has 0 bridgehead atoms. The number of carboxylic acid groups (broad SMARTS) is 1. The van der Waals surface area contributed by atoms with Crippen LogP contribution in [0.2, 0.25) is 0 Å². The summed E-state index contributed by atoms with van der Waals surface area (Å²) in [6, 6.07) is 4.16. The normalized spacial score (nSPS) is 14.0. The monoisotopic (exact) mass is 325 g/mol. The molecular formula is C17H24FNO4. The van der Waals surface area contributed by atoms with E-state index in [1.165, 1.54) is 19.1 Å². The Morgan fingerprint density at radius 1 is 1.26 bits per heavy atom. The van der Waals surface area contributed by atoms with Crippen LogP contribution in [0.3, 0.4) is 0 Å². The summed E-state index contributed by atoms with van der Waals surface area (Å²) in [7, 11) is 0. The molecule has 0 aliphatic rings. The van der Waals surface area contributed by atoms with Crippen LogP contribution < -0.4 is 0 Å². The van der Waals surface area contributed by atoms with Gasteiger partial charge in [-0.2, -0.15) is 0 Å². The number of carboxylic acids is 1. The van der Waals surface area contributed by atoms with E-state index in [9.17, 15) is 19.1 Å². The van der Waals surface area contributed by atoms with Crippen molar-refractivity contribution in [2.45, 2.75) is 52.7 Å². The largest absolute Gasteiger partial charge is 0.479 e. The number of halogens is 1. The smallest absolute Gasteiger partial charge is 0.411 e. The van der Waals surface area contributed by atoms with E-state index < -0.39 is 29.0 Å². The third-order valence-electron chi connectivity index (χ3n) is 3.62. The molecule has 0 spiro atoms. The van der Waals surface area contributed by atoms with Crippen molar-refractivity contribution in [3.05, 3.63) is 35.1 Å².